The molecule has 0 saturated carbocycles. The van der Waals surface area contributed by atoms with Gasteiger partial charge in [-0.15, -0.1) is 12.8 Å². The molecular weight excluding hydrogens is 1470 g/mol. The Morgan fingerprint density at radius 2 is 0.0656 bits per heavy atom. The van der Waals surface area contributed by atoms with Crippen molar-refractivity contribution in [3.63, 3.8) is 0 Å². The second kappa shape index (κ2) is 94.2. The van der Waals surface area contributed by atoms with Crippen molar-refractivity contribution >= 4 is 0 Å². The van der Waals surface area contributed by atoms with Gasteiger partial charge >= 0.3 is 0 Å². The molecule has 0 radical (unpaired) electrons. The van der Waals surface area contributed by atoms with E-state index in [0.717, 1.165) is 0 Å². The lowest BCUT2D eigenvalue weighted by Gasteiger charge is -1.58. The van der Waals surface area contributed by atoms with E-state index in [1.54, 1.807) is 0 Å². The summed E-state index contributed by atoms with van der Waals surface area (Å²) in [7, 11) is 0. The van der Waals surface area contributed by atoms with Crippen molar-refractivity contribution in [2.24, 2.45) is 0 Å². The maximum atomic E-state index is 4.96. The zero-order valence-electron chi connectivity index (χ0n) is 61.2. The summed E-state index contributed by atoms with van der Waals surface area (Å²) in [5, 5.41) is 0. The van der Waals surface area contributed by atoms with E-state index in [1.807, 2.05) is 0 Å². The minimum Gasteiger partial charge on any atom is -0.106 e. The molecule has 0 saturated heterocycles. The maximum absolute atomic E-state index is 4.96. The number of terminal acetylenes is 2. The van der Waals surface area contributed by atoms with E-state index < -0.39 is 0 Å². The SMILES string of the molecule is C#CC#CC#CC#CC#CC#CC#CC#CC#CC#CC#CC#CC#CC#CC#CC#CC#CC#CC#CC#CC#CC#CC#CC#CC#CC#CC#CC#CC#CC#CC#CC#CC#CC#CC#CC#CC#CC#CC#CC#CC#CC#CC#CC#CC#CC#CC#CC#CC#CC#CC#CC#CC#CC#CC#CC#CC#CC#CC#CC#CC#C. The second-order valence-corrected chi connectivity index (χ2v) is 15.0. The molecule has 0 aromatic carbocycles. The number of hydrogen-bond acceptors (Lipinski definition) is 0. The Bertz CT molecular complexity index is 8150. The molecule has 0 aliphatic rings. The molecule has 0 heterocycles. The Morgan fingerprint density at radius 3 is 0.0902 bits per heavy atom. The first-order valence-corrected chi connectivity index (χ1v) is 30.3. The van der Waals surface area contributed by atoms with Crippen molar-refractivity contribution in [3.8, 4) is 723 Å². The largest absolute Gasteiger partial charge is 0.106 e. The Labute approximate surface area is 718 Å². The fraction of sp³-hybridized carbons (Fsp3) is 0. The van der Waals surface area contributed by atoms with E-state index in [4.69, 9.17) is 12.8 Å². The van der Waals surface area contributed by atoms with Gasteiger partial charge in [0.1, 0.15) is 0 Å². The molecular formula is C122H2. The van der Waals surface area contributed by atoms with Crippen molar-refractivity contribution in [1.82, 2.24) is 0 Å². The van der Waals surface area contributed by atoms with E-state index in [9.17, 15) is 0 Å². The van der Waals surface area contributed by atoms with E-state index >= 15 is 0 Å². The standard InChI is InChI=1S/C122H2/c1-3-5-7-9-11-13-15-17-19-21-23-25-27-29-31-33-35-37-39-41-43-45-47-49-51-53-55-57-59-61-63-65-67-69-71-73-75-77-79-81-83-85-87-89-91-93-95-97-99-101-103-105-107-109-111-113-115-117-119-121-122-120-118-116-114-112-110-108-106-104-102-100-98-96-94-92-90-88-86-84-82-80-78-76-74-72-70-68-66-64-62-60-58-56-54-52-50-48-46-44-42-40-38-36-34-32-30-28-26-24-22-20-18-16-14-12-10-8-6-4-2/h1-2H. The monoisotopic (exact) mass is 1470 g/mol. The highest BCUT2D eigenvalue weighted by Crippen LogP contribution is 1.69. The minimum absolute atomic E-state index is 2.12. The summed E-state index contributed by atoms with van der Waals surface area (Å²) in [6.45, 7) is 0. The topological polar surface area (TPSA) is 0 Å². The summed E-state index contributed by atoms with van der Waals surface area (Å²) >= 11 is 0. The van der Waals surface area contributed by atoms with Crippen LogP contribution in [0.2, 0.25) is 0 Å². The highest BCUT2D eigenvalue weighted by Gasteiger charge is 1.69. The summed E-state index contributed by atoms with van der Waals surface area (Å²) in [5.41, 5.74) is 0. The molecule has 0 N–H and O–H groups in total. The summed E-state index contributed by atoms with van der Waals surface area (Å²) in [6.07, 6.45) is 9.91. The van der Waals surface area contributed by atoms with E-state index in [0.29, 0.717) is 0 Å². The minimum atomic E-state index is 2.12. The van der Waals surface area contributed by atoms with Crippen molar-refractivity contribution in [2.45, 2.75) is 0 Å². The first-order chi connectivity index (χ1) is 60.9. The summed E-state index contributed by atoms with van der Waals surface area (Å²) in [4.78, 5) is 0. The molecule has 0 heteroatoms. The van der Waals surface area contributed by atoms with E-state index in [-0.39, 0.29) is 0 Å². The van der Waals surface area contributed by atoms with Gasteiger partial charge in [-0.2, -0.15) is 0 Å². The predicted molar refractivity (Wildman–Crippen MR) is 476 cm³/mol. The third-order valence-electron chi connectivity index (χ3n) is 7.46. The maximum Gasteiger partial charge on any atom is 0 e. The van der Waals surface area contributed by atoms with Crippen LogP contribution in [0.15, 0.2) is 0 Å². The fourth-order valence-corrected chi connectivity index (χ4v) is 3.70. The molecule has 0 rings (SSSR count). The molecule has 0 amide bonds. The average Bonchev–Trinajstić information content (AvgIpc) is 1.30. The lowest BCUT2D eigenvalue weighted by Crippen LogP contribution is -1.57. The highest BCUT2D eigenvalue weighted by atomic mass is 13.7. The Balaban J connectivity index is 4.65. The predicted octanol–water partition coefficient (Wildman–Crippen LogP) is 0.453. The van der Waals surface area contributed by atoms with Gasteiger partial charge in [0.2, 0.25) is 0 Å². The lowest BCUT2D eigenvalue weighted by atomic mass is 10.4. The molecule has 0 bridgehead atoms. The number of rotatable bonds is 0. The van der Waals surface area contributed by atoms with Gasteiger partial charge in [-0.25, -0.2) is 0 Å². The summed E-state index contributed by atoms with van der Waals surface area (Å²) in [6, 6.07) is 0. The van der Waals surface area contributed by atoms with Crippen LogP contribution in [0.3, 0.4) is 0 Å². The van der Waals surface area contributed by atoms with Crippen LogP contribution in [0.1, 0.15) is 0 Å². The molecule has 0 aliphatic heterocycles. The van der Waals surface area contributed by atoms with Crippen LogP contribution in [-0.2, 0) is 0 Å². The molecule has 0 nitrogen and oxygen atoms in total. The average molecular weight is 1470 g/mol. The van der Waals surface area contributed by atoms with Crippen LogP contribution in [-0.4, -0.2) is 0 Å². The Kier molecular flexibility index (Phi) is 73.4. The van der Waals surface area contributed by atoms with Crippen molar-refractivity contribution in [1.29, 1.82) is 0 Å². The van der Waals surface area contributed by atoms with Crippen LogP contribution < -0.4 is 0 Å². The van der Waals surface area contributed by atoms with Crippen LogP contribution in [0.25, 0.3) is 0 Å². The van der Waals surface area contributed by atoms with E-state index in [2.05, 4.69) is 710 Å². The van der Waals surface area contributed by atoms with Crippen molar-refractivity contribution in [3.05, 3.63) is 0 Å². The third-order valence-corrected chi connectivity index (χ3v) is 7.46. The van der Waals surface area contributed by atoms with Gasteiger partial charge in [0.15, 0.2) is 0 Å². The quantitative estimate of drug-likeness (QED) is 0.310. The highest BCUT2D eigenvalue weighted by molar-refractivity contribution is 5.58. The summed E-state index contributed by atoms with van der Waals surface area (Å²) in [5.74, 6) is 298. The molecule has 0 spiro atoms. The van der Waals surface area contributed by atoms with Crippen molar-refractivity contribution < 1.29 is 0 Å². The normalized spacial score (nSPS) is 3.95. The van der Waals surface area contributed by atoms with Crippen LogP contribution in [0, 0.1) is 723 Å². The molecule has 0 aliphatic carbocycles. The molecule has 0 aromatic rings. The Morgan fingerprint density at radius 1 is 0.0410 bits per heavy atom. The van der Waals surface area contributed by atoms with Gasteiger partial charge in [-0.3, -0.25) is 0 Å². The van der Waals surface area contributed by atoms with Gasteiger partial charge in [0.05, 0.1) is 0 Å². The van der Waals surface area contributed by atoms with Crippen LogP contribution >= 0.6 is 0 Å². The molecule has 0 aromatic heterocycles. The first-order valence-electron chi connectivity index (χ1n) is 30.3. The first kappa shape index (κ1) is 95.2. The van der Waals surface area contributed by atoms with E-state index in [1.165, 1.54) is 0 Å². The summed E-state index contributed by atoms with van der Waals surface area (Å²) < 4.78 is 0. The van der Waals surface area contributed by atoms with Crippen LogP contribution in [0.5, 0.6) is 0 Å². The van der Waals surface area contributed by atoms with Gasteiger partial charge < -0.3 is 0 Å². The zero-order valence-corrected chi connectivity index (χ0v) is 61.2. The molecule has 122 heavy (non-hydrogen) atoms. The zero-order chi connectivity index (χ0) is 86.9. The fourth-order valence-electron chi connectivity index (χ4n) is 3.70. The smallest absolute Gasteiger partial charge is 0 e. The number of hydrogen-bond donors (Lipinski definition) is 0. The lowest BCUT2D eigenvalue weighted by molar-refractivity contribution is 2.31. The van der Waals surface area contributed by atoms with Gasteiger partial charge in [-0.1, -0.05) is 0 Å². The molecule has 0 unspecified atom stereocenters. The second-order valence-electron chi connectivity index (χ2n) is 15.0. The Hall–Kier alpha value is -26.8. The van der Waals surface area contributed by atoms with Gasteiger partial charge in [0, 0.05) is 616 Å². The van der Waals surface area contributed by atoms with Crippen molar-refractivity contribution in [2.75, 3.05) is 0 Å². The van der Waals surface area contributed by atoms with Crippen LogP contribution in [0.4, 0.5) is 0 Å². The third kappa shape index (κ3) is 93.2. The molecule has 0 fully saturated rings. The van der Waals surface area contributed by atoms with Gasteiger partial charge in [-0.05, 0) is 94.7 Å². The molecule has 490 valence electrons. The molecule has 0 atom stereocenters. The van der Waals surface area contributed by atoms with Gasteiger partial charge in [0.25, 0.3) is 0 Å².